The minimum atomic E-state index is 0.549. The molecule has 90 valence electrons. The standard InChI is InChI=1S/C12H17N5/c13-12-9-11(3-5-16-12)15-4-1-2-7-17-8-6-14-10-17/h3,5-6,8-10H,1-2,4,7H2,(H3,13,15,16). The van der Waals surface area contributed by atoms with Crippen LogP contribution in [0.1, 0.15) is 12.8 Å². The van der Waals surface area contributed by atoms with Gasteiger partial charge in [0, 0.05) is 43.4 Å². The molecule has 2 aromatic heterocycles. The fraction of sp³-hybridized carbons (Fsp3) is 0.333. The largest absolute Gasteiger partial charge is 0.385 e. The van der Waals surface area contributed by atoms with Crippen LogP contribution >= 0.6 is 0 Å². The van der Waals surface area contributed by atoms with Gasteiger partial charge in [0.15, 0.2) is 0 Å². The summed E-state index contributed by atoms with van der Waals surface area (Å²) < 4.78 is 2.09. The van der Waals surface area contributed by atoms with E-state index >= 15 is 0 Å². The summed E-state index contributed by atoms with van der Waals surface area (Å²) in [5.74, 6) is 0.549. The second-order valence-electron chi connectivity index (χ2n) is 3.90. The number of unbranched alkanes of at least 4 members (excludes halogenated alkanes) is 1. The topological polar surface area (TPSA) is 68.8 Å². The van der Waals surface area contributed by atoms with Crippen LogP contribution in [0, 0.1) is 0 Å². The van der Waals surface area contributed by atoms with Crippen molar-refractivity contribution < 1.29 is 0 Å². The van der Waals surface area contributed by atoms with Gasteiger partial charge in [-0.3, -0.25) is 0 Å². The third kappa shape index (κ3) is 3.79. The highest BCUT2D eigenvalue weighted by Crippen LogP contribution is 2.08. The number of aromatic nitrogens is 3. The molecule has 5 nitrogen and oxygen atoms in total. The van der Waals surface area contributed by atoms with Gasteiger partial charge in [0.05, 0.1) is 6.33 Å². The van der Waals surface area contributed by atoms with Crippen molar-refractivity contribution in [1.82, 2.24) is 14.5 Å². The highest BCUT2D eigenvalue weighted by molar-refractivity contribution is 5.49. The SMILES string of the molecule is Nc1cc(NCCCCn2ccnc2)ccn1. The van der Waals surface area contributed by atoms with Gasteiger partial charge >= 0.3 is 0 Å². The number of pyridine rings is 1. The molecule has 0 aliphatic carbocycles. The molecule has 2 rings (SSSR count). The zero-order valence-electron chi connectivity index (χ0n) is 9.71. The summed E-state index contributed by atoms with van der Waals surface area (Å²) in [7, 11) is 0. The van der Waals surface area contributed by atoms with Gasteiger partial charge in [-0.1, -0.05) is 0 Å². The molecule has 0 saturated heterocycles. The van der Waals surface area contributed by atoms with Gasteiger partial charge in [-0.15, -0.1) is 0 Å². The molecule has 0 fully saturated rings. The molecule has 0 radical (unpaired) electrons. The second-order valence-corrected chi connectivity index (χ2v) is 3.90. The number of aryl methyl sites for hydroxylation is 1. The Hall–Kier alpha value is -2.04. The number of nitrogen functional groups attached to an aromatic ring is 1. The van der Waals surface area contributed by atoms with Crippen molar-refractivity contribution in [3.63, 3.8) is 0 Å². The first-order valence-electron chi connectivity index (χ1n) is 5.76. The van der Waals surface area contributed by atoms with Crippen molar-refractivity contribution >= 4 is 11.5 Å². The van der Waals surface area contributed by atoms with Gasteiger partial charge in [0.25, 0.3) is 0 Å². The van der Waals surface area contributed by atoms with Gasteiger partial charge < -0.3 is 15.6 Å². The van der Waals surface area contributed by atoms with E-state index in [1.807, 2.05) is 24.7 Å². The van der Waals surface area contributed by atoms with E-state index in [2.05, 4.69) is 19.9 Å². The molecular weight excluding hydrogens is 214 g/mol. The van der Waals surface area contributed by atoms with Crippen molar-refractivity contribution in [2.75, 3.05) is 17.6 Å². The van der Waals surface area contributed by atoms with Crippen LogP contribution < -0.4 is 11.1 Å². The van der Waals surface area contributed by atoms with Gasteiger partial charge in [-0.2, -0.15) is 0 Å². The number of nitrogens with one attached hydrogen (secondary N) is 1. The number of nitrogens with zero attached hydrogens (tertiary/aromatic N) is 3. The fourth-order valence-electron chi connectivity index (χ4n) is 1.63. The Bertz CT molecular complexity index is 438. The van der Waals surface area contributed by atoms with E-state index in [0.717, 1.165) is 31.6 Å². The van der Waals surface area contributed by atoms with Gasteiger partial charge in [0.2, 0.25) is 0 Å². The predicted octanol–water partition coefficient (Wildman–Crippen LogP) is 1.75. The van der Waals surface area contributed by atoms with Crippen molar-refractivity contribution in [3.8, 4) is 0 Å². The molecule has 0 amide bonds. The normalized spacial score (nSPS) is 10.4. The molecule has 0 aliphatic heterocycles. The smallest absolute Gasteiger partial charge is 0.125 e. The lowest BCUT2D eigenvalue weighted by Crippen LogP contribution is -2.04. The molecule has 3 N–H and O–H groups in total. The van der Waals surface area contributed by atoms with Crippen LogP contribution in [0.4, 0.5) is 11.5 Å². The molecule has 2 aromatic rings. The second kappa shape index (κ2) is 5.89. The summed E-state index contributed by atoms with van der Waals surface area (Å²) in [6, 6.07) is 3.77. The van der Waals surface area contributed by atoms with E-state index in [1.165, 1.54) is 0 Å². The maximum atomic E-state index is 5.59. The van der Waals surface area contributed by atoms with Gasteiger partial charge in [-0.05, 0) is 18.9 Å². The third-order valence-corrected chi connectivity index (χ3v) is 2.51. The van der Waals surface area contributed by atoms with Crippen molar-refractivity contribution in [1.29, 1.82) is 0 Å². The van der Waals surface area contributed by atoms with Crippen LogP contribution in [-0.4, -0.2) is 21.1 Å². The number of rotatable bonds is 6. The molecular formula is C12H17N5. The number of hydrogen-bond donors (Lipinski definition) is 2. The Labute approximate surface area is 101 Å². The summed E-state index contributed by atoms with van der Waals surface area (Å²) in [6.07, 6.45) is 9.58. The summed E-state index contributed by atoms with van der Waals surface area (Å²) in [4.78, 5) is 7.95. The summed E-state index contributed by atoms with van der Waals surface area (Å²) in [6.45, 7) is 1.96. The highest BCUT2D eigenvalue weighted by Gasteiger charge is 1.94. The van der Waals surface area contributed by atoms with Gasteiger partial charge in [0.1, 0.15) is 5.82 Å². The van der Waals surface area contributed by atoms with Crippen LogP contribution in [0.15, 0.2) is 37.1 Å². The van der Waals surface area contributed by atoms with E-state index in [4.69, 9.17) is 5.73 Å². The third-order valence-electron chi connectivity index (χ3n) is 2.51. The number of imidazole rings is 1. The molecule has 0 bridgehead atoms. The van der Waals surface area contributed by atoms with Crippen LogP contribution in [0.25, 0.3) is 0 Å². The van der Waals surface area contributed by atoms with E-state index in [0.29, 0.717) is 5.82 Å². The van der Waals surface area contributed by atoms with Crippen molar-refractivity contribution in [2.24, 2.45) is 0 Å². The number of hydrogen-bond acceptors (Lipinski definition) is 4. The Kier molecular flexibility index (Phi) is 3.96. The van der Waals surface area contributed by atoms with Crippen LogP contribution in [-0.2, 0) is 6.54 Å². The Morgan fingerprint density at radius 1 is 1.29 bits per heavy atom. The first-order valence-corrected chi connectivity index (χ1v) is 5.76. The first kappa shape index (κ1) is 11.4. The maximum Gasteiger partial charge on any atom is 0.125 e. The molecule has 2 heterocycles. The average molecular weight is 231 g/mol. The van der Waals surface area contributed by atoms with E-state index in [-0.39, 0.29) is 0 Å². The van der Waals surface area contributed by atoms with E-state index in [9.17, 15) is 0 Å². The van der Waals surface area contributed by atoms with Crippen LogP contribution in [0.3, 0.4) is 0 Å². The zero-order chi connectivity index (χ0) is 11.9. The maximum absolute atomic E-state index is 5.59. The molecule has 0 aliphatic rings. The van der Waals surface area contributed by atoms with Gasteiger partial charge in [-0.25, -0.2) is 9.97 Å². The summed E-state index contributed by atoms with van der Waals surface area (Å²) in [5.41, 5.74) is 6.62. The molecule has 5 heteroatoms. The number of anilines is 2. The molecule has 0 aromatic carbocycles. The average Bonchev–Trinajstić information content (AvgIpc) is 2.82. The fourth-order valence-corrected chi connectivity index (χ4v) is 1.63. The van der Waals surface area contributed by atoms with E-state index in [1.54, 1.807) is 12.4 Å². The molecule has 0 unspecified atom stereocenters. The van der Waals surface area contributed by atoms with Crippen LogP contribution in [0.5, 0.6) is 0 Å². The van der Waals surface area contributed by atoms with Crippen molar-refractivity contribution in [2.45, 2.75) is 19.4 Å². The van der Waals surface area contributed by atoms with Crippen molar-refractivity contribution in [3.05, 3.63) is 37.1 Å². The zero-order valence-corrected chi connectivity index (χ0v) is 9.71. The quantitative estimate of drug-likeness (QED) is 0.743. The minimum Gasteiger partial charge on any atom is -0.385 e. The highest BCUT2D eigenvalue weighted by atomic mass is 15.0. The molecule has 0 atom stereocenters. The minimum absolute atomic E-state index is 0.549. The predicted molar refractivity (Wildman–Crippen MR) is 68.6 cm³/mol. The van der Waals surface area contributed by atoms with E-state index < -0.39 is 0 Å². The lowest BCUT2D eigenvalue weighted by atomic mass is 10.3. The first-order chi connectivity index (χ1) is 8.34. The monoisotopic (exact) mass is 231 g/mol. The summed E-state index contributed by atoms with van der Waals surface area (Å²) >= 11 is 0. The molecule has 0 spiro atoms. The lowest BCUT2D eigenvalue weighted by molar-refractivity contribution is 0.621. The summed E-state index contributed by atoms with van der Waals surface area (Å²) in [5, 5.41) is 3.32. The molecule has 0 saturated carbocycles. The van der Waals surface area contributed by atoms with Crippen LogP contribution in [0.2, 0.25) is 0 Å². The number of nitrogens with two attached hydrogens (primary N) is 1. The Balaban J connectivity index is 1.63. The Morgan fingerprint density at radius 3 is 3.00 bits per heavy atom. The molecule has 17 heavy (non-hydrogen) atoms. The lowest BCUT2D eigenvalue weighted by Gasteiger charge is -2.06. The Morgan fingerprint density at radius 2 is 2.24 bits per heavy atom.